The van der Waals surface area contributed by atoms with Crippen LogP contribution in [-0.4, -0.2) is 33.3 Å². The lowest BCUT2D eigenvalue weighted by molar-refractivity contribution is 0.274. The first kappa shape index (κ1) is 15.5. The summed E-state index contributed by atoms with van der Waals surface area (Å²) in [7, 11) is 0. The van der Waals surface area contributed by atoms with E-state index in [1.807, 2.05) is 37.3 Å². The van der Waals surface area contributed by atoms with Crippen LogP contribution in [-0.2, 0) is 0 Å². The third-order valence-corrected chi connectivity index (χ3v) is 2.88. The zero-order chi connectivity index (χ0) is 15.1. The number of halogens is 1. The second-order valence-electron chi connectivity index (χ2n) is 4.35. The summed E-state index contributed by atoms with van der Waals surface area (Å²) in [5, 5.41) is 12.6. The van der Waals surface area contributed by atoms with Crippen molar-refractivity contribution in [2.45, 2.75) is 19.4 Å². The number of rotatable bonds is 7. The van der Waals surface area contributed by atoms with Gasteiger partial charge in [0.2, 0.25) is 11.2 Å². The van der Waals surface area contributed by atoms with Crippen molar-refractivity contribution >= 4 is 17.5 Å². The highest BCUT2D eigenvalue weighted by atomic mass is 35.5. The highest BCUT2D eigenvalue weighted by Crippen LogP contribution is 2.19. The first-order valence-electron chi connectivity index (χ1n) is 6.69. The van der Waals surface area contributed by atoms with E-state index >= 15 is 0 Å². The van der Waals surface area contributed by atoms with Crippen molar-refractivity contribution in [2.24, 2.45) is 0 Å². The van der Waals surface area contributed by atoms with Crippen LogP contribution in [0.3, 0.4) is 0 Å². The van der Waals surface area contributed by atoms with E-state index in [9.17, 15) is 5.11 Å². The molecule has 0 saturated carbocycles. The fourth-order valence-corrected chi connectivity index (χ4v) is 1.88. The zero-order valence-electron chi connectivity index (χ0n) is 11.7. The molecule has 112 valence electrons. The first-order chi connectivity index (χ1) is 10.2. The molecule has 1 aromatic heterocycles. The monoisotopic (exact) mass is 308 g/mol. The summed E-state index contributed by atoms with van der Waals surface area (Å²) < 4.78 is 5.35. The average molecular weight is 309 g/mol. The van der Waals surface area contributed by atoms with Crippen LogP contribution in [0.5, 0.6) is 6.01 Å². The van der Waals surface area contributed by atoms with Crippen molar-refractivity contribution in [1.82, 2.24) is 15.0 Å². The number of hydrogen-bond acceptors (Lipinski definition) is 6. The smallest absolute Gasteiger partial charge is 0.322 e. The van der Waals surface area contributed by atoms with Crippen LogP contribution in [0.2, 0.25) is 5.28 Å². The number of hydrogen-bond donors (Lipinski definition) is 2. The third-order valence-electron chi connectivity index (χ3n) is 2.71. The molecule has 2 N–H and O–H groups in total. The Hall–Kier alpha value is -1.92. The van der Waals surface area contributed by atoms with Gasteiger partial charge in [-0.3, -0.25) is 0 Å². The van der Waals surface area contributed by atoms with Crippen LogP contribution in [0.1, 0.15) is 24.9 Å². The van der Waals surface area contributed by atoms with Crippen molar-refractivity contribution < 1.29 is 9.84 Å². The standard InChI is InChI=1S/C14H17ClN4O2/c1-2-8-21-14-18-12(15)17-13(19-14)16-11(9-20)10-6-4-3-5-7-10/h3-7,11,20H,2,8-9H2,1H3,(H,16,17,18,19). The van der Waals surface area contributed by atoms with Gasteiger partial charge < -0.3 is 15.2 Å². The number of aliphatic hydroxyl groups is 1. The minimum Gasteiger partial charge on any atom is -0.463 e. The van der Waals surface area contributed by atoms with Crippen molar-refractivity contribution in [3.05, 3.63) is 41.2 Å². The van der Waals surface area contributed by atoms with Gasteiger partial charge in [-0.2, -0.15) is 15.0 Å². The number of aromatic nitrogens is 3. The minimum atomic E-state index is -0.330. The summed E-state index contributed by atoms with van der Waals surface area (Å²) in [6.07, 6.45) is 0.843. The van der Waals surface area contributed by atoms with E-state index in [4.69, 9.17) is 16.3 Å². The Morgan fingerprint density at radius 1 is 1.24 bits per heavy atom. The van der Waals surface area contributed by atoms with Gasteiger partial charge in [0.25, 0.3) is 0 Å². The van der Waals surface area contributed by atoms with Crippen LogP contribution >= 0.6 is 11.6 Å². The van der Waals surface area contributed by atoms with Gasteiger partial charge in [-0.25, -0.2) is 0 Å². The topological polar surface area (TPSA) is 80.2 Å². The molecule has 0 saturated heterocycles. The summed E-state index contributed by atoms with van der Waals surface area (Å²) in [5.74, 6) is 0.268. The van der Waals surface area contributed by atoms with Crippen molar-refractivity contribution in [1.29, 1.82) is 0 Å². The molecule has 0 aliphatic rings. The molecule has 21 heavy (non-hydrogen) atoms. The maximum Gasteiger partial charge on any atom is 0.322 e. The lowest BCUT2D eigenvalue weighted by Crippen LogP contribution is -2.17. The summed E-state index contributed by atoms with van der Waals surface area (Å²) in [6.45, 7) is 2.39. The molecule has 0 bridgehead atoms. The molecule has 2 rings (SSSR count). The summed E-state index contributed by atoms with van der Waals surface area (Å²) in [4.78, 5) is 12.0. The number of anilines is 1. The Balaban J connectivity index is 2.15. The zero-order valence-corrected chi connectivity index (χ0v) is 12.4. The Morgan fingerprint density at radius 3 is 2.67 bits per heavy atom. The Kier molecular flexibility index (Phi) is 5.71. The number of ether oxygens (including phenoxy) is 1. The van der Waals surface area contributed by atoms with E-state index in [0.29, 0.717) is 6.61 Å². The Bertz CT molecular complexity index is 568. The predicted molar refractivity (Wildman–Crippen MR) is 80.5 cm³/mol. The van der Waals surface area contributed by atoms with E-state index in [2.05, 4.69) is 20.3 Å². The molecule has 0 aliphatic heterocycles. The first-order valence-corrected chi connectivity index (χ1v) is 7.07. The highest BCUT2D eigenvalue weighted by Gasteiger charge is 2.13. The quantitative estimate of drug-likeness (QED) is 0.818. The van der Waals surface area contributed by atoms with Crippen molar-refractivity contribution in [2.75, 3.05) is 18.5 Å². The van der Waals surface area contributed by atoms with E-state index in [-0.39, 0.29) is 29.9 Å². The van der Waals surface area contributed by atoms with Gasteiger partial charge in [-0.1, -0.05) is 37.3 Å². The van der Waals surface area contributed by atoms with Gasteiger partial charge in [0.1, 0.15) is 0 Å². The Labute approximate surface area is 128 Å². The van der Waals surface area contributed by atoms with Gasteiger partial charge in [0, 0.05) is 0 Å². The van der Waals surface area contributed by atoms with Crippen LogP contribution in [0, 0.1) is 0 Å². The average Bonchev–Trinajstić information content (AvgIpc) is 2.51. The van der Waals surface area contributed by atoms with E-state index in [0.717, 1.165) is 12.0 Å². The largest absolute Gasteiger partial charge is 0.463 e. The number of aliphatic hydroxyl groups excluding tert-OH is 1. The van der Waals surface area contributed by atoms with Crippen LogP contribution < -0.4 is 10.1 Å². The molecule has 2 aromatic rings. The lowest BCUT2D eigenvalue weighted by atomic mass is 10.1. The van der Waals surface area contributed by atoms with E-state index in [1.54, 1.807) is 0 Å². The van der Waals surface area contributed by atoms with Gasteiger partial charge in [0.05, 0.1) is 19.3 Å². The second kappa shape index (κ2) is 7.75. The molecule has 0 amide bonds. The molecule has 0 aliphatic carbocycles. The number of nitrogens with one attached hydrogen (secondary N) is 1. The maximum absolute atomic E-state index is 9.52. The molecule has 0 spiro atoms. The van der Waals surface area contributed by atoms with Crippen molar-refractivity contribution in [3.8, 4) is 6.01 Å². The SMILES string of the molecule is CCCOc1nc(Cl)nc(NC(CO)c2ccccc2)n1. The normalized spacial score (nSPS) is 12.0. The molecular weight excluding hydrogens is 292 g/mol. The molecule has 0 fully saturated rings. The predicted octanol–water partition coefficient (Wildman–Crippen LogP) is 2.46. The number of nitrogens with zero attached hydrogens (tertiary/aromatic N) is 3. The van der Waals surface area contributed by atoms with Gasteiger partial charge in [-0.05, 0) is 23.6 Å². The second-order valence-corrected chi connectivity index (χ2v) is 4.69. The van der Waals surface area contributed by atoms with Gasteiger partial charge in [-0.15, -0.1) is 0 Å². The van der Waals surface area contributed by atoms with Crippen LogP contribution in [0.15, 0.2) is 30.3 Å². The molecule has 1 heterocycles. The lowest BCUT2D eigenvalue weighted by Gasteiger charge is -2.16. The Morgan fingerprint density at radius 2 is 2.00 bits per heavy atom. The fourth-order valence-electron chi connectivity index (χ4n) is 1.73. The molecule has 6 nitrogen and oxygen atoms in total. The van der Waals surface area contributed by atoms with Crippen molar-refractivity contribution in [3.63, 3.8) is 0 Å². The van der Waals surface area contributed by atoms with E-state index in [1.165, 1.54) is 0 Å². The highest BCUT2D eigenvalue weighted by molar-refractivity contribution is 6.28. The molecule has 1 aromatic carbocycles. The van der Waals surface area contributed by atoms with Crippen LogP contribution in [0.25, 0.3) is 0 Å². The number of benzene rings is 1. The molecular formula is C14H17ClN4O2. The third kappa shape index (κ3) is 4.54. The molecule has 1 unspecified atom stereocenters. The maximum atomic E-state index is 9.52. The molecule has 7 heteroatoms. The minimum absolute atomic E-state index is 0.0448. The van der Waals surface area contributed by atoms with Gasteiger partial charge in [0.15, 0.2) is 0 Å². The summed E-state index contributed by atoms with van der Waals surface area (Å²) >= 11 is 5.86. The van der Waals surface area contributed by atoms with E-state index < -0.39 is 0 Å². The van der Waals surface area contributed by atoms with Gasteiger partial charge >= 0.3 is 6.01 Å². The fraction of sp³-hybridized carbons (Fsp3) is 0.357. The molecule has 1 atom stereocenters. The van der Waals surface area contributed by atoms with Crippen LogP contribution in [0.4, 0.5) is 5.95 Å². The summed E-state index contributed by atoms with van der Waals surface area (Å²) in [6, 6.07) is 9.36. The molecule has 0 radical (unpaired) electrons. The summed E-state index contributed by atoms with van der Waals surface area (Å²) in [5.41, 5.74) is 0.924.